The van der Waals surface area contributed by atoms with Crippen molar-refractivity contribution in [3.63, 3.8) is 0 Å². The van der Waals surface area contributed by atoms with E-state index in [1.807, 2.05) is 0 Å². The lowest BCUT2D eigenvalue weighted by Crippen LogP contribution is -2.26. The maximum atomic E-state index is 12.7. The van der Waals surface area contributed by atoms with Crippen LogP contribution in [0.25, 0.3) is 0 Å². The van der Waals surface area contributed by atoms with Gasteiger partial charge in [0.25, 0.3) is 15.7 Å². The van der Waals surface area contributed by atoms with Crippen molar-refractivity contribution in [2.24, 2.45) is 0 Å². The number of non-ortho nitro benzene ring substituents is 1. The normalized spacial score (nSPS) is 10.8. The first-order chi connectivity index (χ1) is 15.6. The first kappa shape index (κ1) is 23.4. The summed E-state index contributed by atoms with van der Waals surface area (Å²) in [6, 6.07) is 16.6. The molecular formula is C22H18N2O8S. The molecule has 10 nitrogen and oxygen atoms in total. The molecule has 0 aliphatic heterocycles. The van der Waals surface area contributed by atoms with Gasteiger partial charge in [-0.25, -0.2) is 18.0 Å². The molecule has 0 spiro atoms. The van der Waals surface area contributed by atoms with Crippen LogP contribution in [0.1, 0.15) is 20.7 Å². The summed E-state index contributed by atoms with van der Waals surface area (Å²) in [5.41, 5.74) is -0.561. The Morgan fingerprint density at radius 1 is 0.909 bits per heavy atom. The standard InChI is InChI=1S/C22H18N2O8S/c1-23(33(29,30)20-6-4-3-5-7-20)17-8-10-19(11-9-17)32-22(26)16-12-15(21(25)31-2)13-18(14-16)24(27)28/h3-14H,1-2H3. The van der Waals surface area contributed by atoms with E-state index in [9.17, 15) is 28.1 Å². The second kappa shape index (κ2) is 9.49. The van der Waals surface area contributed by atoms with Gasteiger partial charge < -0.3 is 9.47 Å². The van der Waals surface area contributed by atoms with Crippen LogP contribution in [0.5, 0.6) is 5.75 Å². The molecule has 0 saturated heterocycles. The van der Waals surface area contributed by atoms with Crippen molar-refractivity contribution >= 4 is 33.3 Å². The summed E-state index contributed by atoms with van der Waals surface area (Å²) in [5, 5.41) is 11.1. The van der Waals surface area contributed by atoms with Crippen LogP contribution in [0, 0.1) is 10.1 Å². The molecule has 0 aliphatic carbocycles. The quantitative estimate of drug-likeness (QED) is 0.222. The van der Waals surface area contributed by atoms with E-state index in [2.05, 4.69) is 4.74 Å². The molecule has 3 rings (SSSR count). The van der Waals surface area contributed by atoms with Gasteiger partial charge in [0, 0.05) is 19.2 Å². The Bertz CT molecular complexity index is 1310. The van der Waals surface area contributed by atoms with Crippen LogP contribution < -0.4 is 9.04 Å². The maximum absolute atomic E-state index is 12.7. The summed E-state index contributed by atoms with van der Waals surface area (Å²) in [7, 11) is -1.28. The fourth-order valence-corrected chi connectivity index (χ4v) is 4.07. The molecule has 0 amide bonds. The molecule has 11 heteroatoms. The number of nitro benzene ring substituents is 1. The Morgan fingerprint density at radius 3 is 2.03 bits per heavy atom. The van der Waals surface area contributed by atoms with E-state index in [0.717, 1.165) is 29.6 Å². The van der Waals surface area contributed by atoms with Crippen LogP contribution in [0.3, 0.4) is 0 Å². The molecular weight excluding hydrogens is 452 g/mol. The highest BCUT2D eigenvalue weighted by Crippen LogP contribution is 2.25. The van der Waals surface area contributed by atoms with Gasteiger partial charge in [-0.1, -0.05) is 18.2 Å². The third-order valence-electron chi connectivity index (χ3n) is 4.60. The van der Waals surface area contributed by atoms with E-state index in [4.69, 9.17) is 4.74 Å². The summed E-state index contributed by atoms with van der Waals surface area (Å²) < 4.78 is 36.3. The zero-order valence-electron chi connectivity index (χ0n) is 17.5. The third-order valence-corrected chi connectivity index (χ3v) is 6.40. The number of methoxy groups -OCH3 is 1. The van der Waals surface area contributed by atoms with Crippen molar-refractivity contribution in [1.29, 1.82) is 0 Å². The number of ether oxygens (including phenoxy) is 2. The van der Waals surface area contributed by atoms with Crippen LogP contribution in [0.2, 0.25) is 0 Å². The molecule has 33 heavy (non-hydrogen) atoms. The molecule has 0 atom stereocenters. The highest BCUT2D eigenvalue weighted by atomic mass is 32.2. The van der Waals surface area contributed by atoms with Gasteiger partial charge in [0.15, 0.2) is 0 Å². The first-order valence-electron chi connectivity index (χ1n) is 9.37. The molecule has 0 bridgehead atoms. The molecule has 170 valence electrons. The Hall–Kier alpha value is -4.25. The van der Waals surface area contributed by atoms with Gasteiger partial charge in [0.2, 0.25) is 0 Å². The predicted octanol–water partition coefficient (Wildman–Crippen LogP) is 3.43. The molecule has 0 saturated carbocycles. The van der Waals surface area contributed by atoms with E-state index < -0.39 is 32.6 Å². The van der Waals surface area contributed by atoms with Crippen LogP contribution in [-0.4, -0.2) is 39.4 Å². The zero-order valence-corrected chi connectivity index (χ0v) is 18.3. The minimum atomic E-state index is -3.78. The van der Waals surface area contributed by atoms with E-state index in [0.29, 0.717) is 5.69 Å². The Morgan fingerprint density at radius 2 is 1.48 bits per heavy atom. The second-order valence-electron chi connectivity index (χ2n) is 6.69. The monoisotopic (exact) mass is 470 g/mol. The van der Waals surface area contributed by atoms with Gasteiger partial charge in [-0.2, -0.15) is 0 Å². The van der Waals surface area contributed by atoms with Crippen LogP contribution in [0.4, 0.5) is 11.4 Å². The molecule has 3 aromatic rings. The largest absolute Gasteiger partial charge is 0.465 e. The summed E-state index contributed by atoms with van der Waals surface area (Å²) in [6.45, 7) is 0. The molecule has 0 aromatic heterocycles. The number of sulfonamides is 1. The van der Waals surface area contributed by atoms with Crippen LogP contribution in [-0.2, 0) is 14.8 Å². The van der Waals surface area contributed by atoms with Gasteiger partial charge in [0.05, 0.1) is 33.7 Å². The minimum Gasteiger partial charge on any atom is -0.465 e. The van der Waals surface area contributed by atoms with Crippen molar-refractivity contribution in [2.45, 2.75) is 4.90 Å². The van der Waals surface area contributed by atoms with E-state index in [-0.39, 0.29) is 21.8 Å². The number of benzene rings is 3. The fourth-order valence-electron chi connectivity index (χ4n) is 2.85. The molecule has 0 aliphatic rings. The number of carbonyl (C=O) groups is 2. The van der Waals surface area contributed by atoms with Crippen molar-refractivity contribution in [2.75, 3.05) is 18.5 Å². The minimum absolute atomic E-state index is 0.0698. The molecule has 0 unspecified atom stereocenters. The first-order valence-corrected chi connectivity index (χ1v) is 10.8. The summed E-state index contributed by atoms with van der Waals surface area (Å²) in [5.74, 6) is -1.72. The second-order valence-corrected chi connectivity index (χ2v) is 8.66. The third kappa shape index (κ3) is 5.15. The molecule has 0 N–H and O–H groups in total. The van der Waals surface area contributed by atoms with E-state index >= 15 is 0 Å². The number of hydrogen-bond donors (Lipinski definition) is 0. The Labute approximate surface area is 189 Å². The molecule has 0 heterocycles. The summed E-state index contributed by atoms with van der Waals surface area (Å²) in [6.07, 6.45) is 0. The van der Waals surface area contributed by atoms with Gasteiger partial charge in [-0.05, 0) is 42.5 Å². The smallest absolute Gasteiger partial charge is 0.343 e. The van der Waals surface area contributed by atoms with E-state index in [1.54, 1.807) is 18.2 Å². The SMILES string of the molecule is COC(=O)c1cc(C(=O)Oc2ccc(N(C)S(=O)(=O)c3ccccc3)cc2)cc([N+](=O)[O-])c1. The lowest BCUT2D eigenvalue weighted by molar-refractivity contribution is -0.384. The highest BCUT2D eigenvalue weighted by Gasteiger charge is 2.22. The Balaban J connectivity index is 1.81. The topological polar surface area (TPSA) is 133 Å². The fraction of sp³-hybridized carbons (Fsp3) is 0.0909. The lowest BCUT2D eigenvalue weighted by atomic mass is 10.1. The van der Waals surface area contributed by atoms with Crippen molar-refractivity contribution < 1.29 is 32.4 Å². The van der Waals surface area contributed by atoms with Crippen LogP contribution in [0.15, 0.2) is 77.7 Å². The molecule has 3 aromatic carbocycles. The number of esters is 2. The average molecular weight is 470 g/mol. The number of carbonyl (C=O) groups excluding carboxylic acids is 2. The lowest BCUT2D eigenvalue weighted by Gasteiger charge is -2.19. The summed E-state index contributed by atoms with van der Waals surface area (Å²) in [4.78, 5) is 34.8. The number of anilines is 1. The number of nitro groups is 1. The molecule has 0 fully saturated rings. The Kier molecular flexibility index (Phi) is 6.73. The van der Waals surface area contributed by atoms with Crippen molar-refractivity contribution in [3.8, 4) is 5.75 Å². The van der Waals surface area contributed by atoms with Gasteiger partial charge in [-0.15, -0.1) is 0 Å². The van der Waals surface area contributed by atoms with Crippen molar-refractivity contribution in [1.82, 2.24) is 0 Å². The zero-order chi connectivity index (χ0) is 24.2. The summed E-state index contributed by atoms with van der Waals surface area (Å²) >= 11 is 0. The predicted molar refractivity (Wildman–Crippen MR) is 118 cm³/mol. The molecule has 0 radical (unpaired) electrons. The van der Waals surface area contributed by atoms with Gasteiger partial charge >= 0.3 is 11.9 Å². The van der Waals surface area contributed by atoms with Gasteiger partial charge in [-0.3, -0.25) is 14.4 Å². The van der Waals surface area contributed by atoms with Gasteiger partial charge in [0.1, 0.15) is 5.75 Å². The van der Waals surface area contributed by atoms with E-state index in [1.165, 1.54) is 43.4 Å². The average Bonchev–Trinajstić information content (AvgIpc) is 2.83. The number of rotatable bonds is 7. The maximum Gasteiger partial charge on any atom is 0.343 e. The number of nitrogens with zero attached hydrogens (tertiary/aromatic N) is 2. The number of hydrogen-bond acceptors (Lipinski definition) is 8. The van der Waals surface area contributed by atoms with Crippen molar-refractivity contribution in [3.05, 3.63) is 94.0 Å². The van der Waals surface area contributed by atoms with Crippen LogP contribution >= 0.6 is 0 Å². The highest BCUT2D eigenvalue weighted by molar-refractivity contribution is 7.92.